The number of hydrogen-bond donors (Lipinski definition) is 0. The average Bonchev–Trinajstić information content (AvgIpc) is 2.73. The standard InChI is InChI=1S/C21H19Cl2FN2O3/c22-16-7-5-15(13-17(16)23)6-8-21(28)29-14-20(27)26-11-9-25(10-12-26)19-4-2-1-3-18(19)24/h1-8,13H,9-12,14H2/b8-6+. The number of rotatable bonds is 5. The van der Waals surface area contributed by atoms with Crippen molar-refractivity contribution in [3.05, 3.63) is 70.0 Å². The molecule has 0 bridgehead atoms. The van der Waals surface area contributed by atoms with Gasteiger partial charge in [0.15, 0.2) is 6.61 Å². The van der Waals surface area contributed by atoms with E-state index in [4.69, 9.17) is 27.9 Å². The third kappa shape index (κ3) is 5.71. The SMILES string of the molecule is O=C(/C=C/c1ccc(Cl)c(Cl)c1)OCC(=O)N1CCN(c2ccccc2F)CC1. The summed E-state index contributed by atoms with van der Waals surface area (Å²) < 4.78 is 18.9. The van der Waals surface area contributed by atoms with Gasteiger partial charge >= 0.3 is 5.97 Å². The van der Waals surface area contributed by atoms with Crippen molar-refractivity contribution >= 4 is 46.8 Å². The molecule has 5 nitrogen and oxygen atoms in total. The Morgan fingerprint density at radius 3 is 2.45 bits per heavy atom. The zero-order valence-electron chi connectivity index (χ0n) is 15.5. The van der Waals surface area contributed by atoms with Gasteiger partial charge in [-0.15, -0.1) is 0 Å². The number of para-hydroxylation sites is 1. The van der Waals surface area contributed by atoms with Gasteiger partial charge in [0.05, 0.1) is 15.7 Å². The van der Waals surface area contributed by atoms with Gasteiger partial charge in [-0.1, -0.05) is 41.4 Å². The van der Waals surface area contributed by atoms with Gasteiger partial charge in [-0.05, 0) is 35.9 Å². The maximum Gasteiger partial charge on any atom is 0.331 e. The number of piperazine rings is 1. The molecule has 0 radical (unpaired) electrons. The van der Waals surface area contributed by atoms with E-state index in [1.165, 1.54) is 18.2 Å². The van der Waals surface area contributed by atoms with Crippen LogP contribution in [0.4, 0.5) is 10.1 Å². The minimum absolute atomic E-state index is 0.282. The molecule has 1 aliphatic rings. The predicted molar refractivity (Wildman–Crippen MR) is 112 cm³/mol. The van der Waals surface area contributed by atoms with Gasteiger partial charge in [0.1, 0.15) is 5.82 Å². The van der Waals surface area contributed by atoms with Gasteiger partial charge < -0.3 is 14.5 Å². The van der Waals surface area contributed by atoms with E-state index in [2.05, 4.69) is 0 Å². The minimum atomic E-state index is -0.630. The van der Waals surface area contributed by atoms with Crippen LogP contribution in [0.25, 0.3) is 6.08 Å². The summed E-state index contributed by atoms with van der Waals surface area (Å²) in [5.41, 5.74) is 1.21. The molecular formula is C21H19Cl2FN2O3. The normalized spacial score (nSPS) is 14.3. The smallest absolute Gasteiger partial charge is 0.331 e. The second-order valence-corrected chi connectivity index (χ2v) is 7.25. The Morgan fingerprint density at radius 2 is 1.76 bits per heavy atom. The van der Waals surface area contributed by atoms with Crippen LogP contribution in [0.5, 0.6) is 0 Å². The number of carbonyl (C=O) groups excluding carboxylic acids is 2. The van der Waals surface area contributed by atoms with Crippen LogP contribution in [0, 0.1) is 5.82 Å². The predicted octanol–water partition coefficient (Wildman–Crippen LogP) is 4.04. The van der Waals surface area contributed by atoms with Gasteiger partial charge in [-0.25, -0.2) is 9.18 Å². The van der Waals surface area contributed by atoms with Crippen molar-refractivity contribution in [2.24, 2.45) is 0 Å². The van der Waals surface area contributed by atoms with E-state index in [0.717, 1.165) is 0 Å². The van der Waals surface area contributed by atoms with Crippen LogP contribution in [-0.2, 0) is 14.3 Å². The van der Waals surface area contributed by atoms with E-state index in [1.54, 1.807) is 41.3 Å². The molecule has 0 aliphatic carbocycles. The van der Waals surface area contributed by atoms with E-state index in [1.807, 2.05) is 4.90 Å². The molecule has 1 aliphatic heterocycles. The summed E-state index contributed by atoms with van der Waals surface area (Å²) in [6.45, 7) is 1.55. The molecule has 1 heterocycles. The molecule has 1 saturated heterocycles. The molecule has 2 aromatic rings. The molecule has 0 saturated carbocycles. The number of ether oxygens (including phenoxy) is 1. The maximum atomic E-state index is 13.9. The summed E-state index contributed by atoms with van der Waals surface area (Å²) in [5.74, 6) is -1.20. The first kappa shape index (κ1) is 21.1. The highest BCUT2D eigenvalue weighted by atomic mass is 35.5. The van der Waals surface area contributed by atoms with Crippen molar-refractivity contribution in [3.63, 3.8) is 0 Å². The van der Waals surface area contributed by atoms with Crippen LogP contribution >= 0.6 is 23.2 Å². The first-order valence-corrected chi connectivity index (χ1v) is 9.77. The first-order chi connectivity index (χ1) is 13.9. The Balaban J connectivity index is 1.45. The first-order valence-electron chi connectivity index (χ1n) is 9.01. The van der Waals surface area contributed by atoms with Crippen LogP contribution in [0.15, 0.2) is 48.5 Å². The molecule has 0 spiro atoms. The third-order valence-corrected chi connectivity index (χ3v) is 5.26. The summed E-state index contributed by atoms with van der Waals surface area (Å²) >= 11 is 11.8. The largest absolute Gasteiger partial charge is 0.452 e. The maximum absolute atomic E-state index is 13.9. The fourth-order valence-corrected chi connectivity index (χ4v) is 3.26. The van der Waals surface area contributed by atoms with Crippen LogP contribution in [0.3, 0.4) is 0 Å². The molecule has 0 aromatic heterocycles. The van der Waals surface area contributed by atoms with Crippen LogP contribution in [0.2, 0.25) is 10.0 Å². The zero-order valence-corrected chi connectivity index (χ0v) is 17.0. The molecule has 3 rings (SSSR count). The van der Waals surface area contributed by atoms with Crippen molar-refractivity contribution in [2.75, 3.05) is 37.7 Å². The number of carbonyl (C=O) groups is 2. The quantitative estimate of drug-likeness (QED) is 0.524. The Morgan fingerprint density at radius 1 is 1.03 bits per heavy atom. The molecule has 8 heteroatoms. The molecular weight excluding hydrogens is 418 g/mol. The summed E-state index contributed by atoms with van der Waals surface area (Å²) in [6, 6.07) is 11.5. The molecule has 1 amide bonds. The van der Waals surface area contributed by atoms with Crippen LogP contribution < -0.4 is 4.90 Å². The molecule has 0 unspecified atom stereocenters. The van der Waals surface area contributed by atoms with E-state index < -0.39 is 5.97 Å². The van der Waals surface area contributed by atoms with Crippen molar-refractivity contribution in [2.45, 2.75) is 0 Å². The Labute approximate surface area is 178 Å². The Bertz CT molecular complexity index is 928. The summed E-state index contributed by atoms with van der Waals surface area (Å²) in [5, 5.41) is 0.805. The third-order valence-electron chi connectivity index (χ3n) is 4.52. The number of amides is 1. The van der Waals surface area contributed by atoms with Crippen molar-refractivity contribution in [3.8, 4) is 0 Å². The number of nitrogens with zero attached hydrogens (tertiary/aromatic N) is 2. The molecule has 0 atom stereocenters. The van der Waals surface area contributed by atoms with Gasteiger partial charge in [0.2, 0.25) is 0 Å². The van der Waals surface area contributed by atoms with Gasteiger partial charge in [0, 0.05) is 32.3 Å². The second kappa shape index (κ2) is 9.76. The number of hydrogen-bond acceptors (Lipinski definition) is 4. The number of halogens is 3. The van der Waals surface area contributed by atoms with Crippen molar-refractivity contribution in [1.29, 1.82) is 0 Å². The lowest BCUT2D eigenvalue weighted by Crippen LogP contribution is -2.50. The highest BCUT2D eigenvalue weighted by Crippen LogP contribution is 2.23. The van der Waals surface area contributed by atoms with Crippen molar-refractivity contribution in [1.82, 2.24) is 4.90 Å². The van der Waals surface area contributed by atoms with Gasteiger partial charge in [0.25, 0.3) is 5.91 Å². The van der Waals surface area contributed by atoms with E-state index >= 15 is 0 Å². The lowest BCUT2D eigenvalue weighted by Gasteiger charge is -2.36. The summed E-state index contributed by atoms with van der Waals surface area (Å²) in [7, 11) is 0. The lowest BCUT2D eigenvalue weighted by molar-refractivity contribution is -0.148. The molecule has 2 aromatic carbocycles. The average molecular weight is 437 g/mol. The monoisotopic (exact) mass is 436 g/mol. The number of anilines is 1. The van der Waals surface area contributed by atoms with Gasteiger partial charge in [-0.3, -0.25) is 4.79 Å². The lowest BCUT2D eigenvalue weighted by atomic mass is 10.2. The van der Waals surface area contributed by atoms with Crippen molar-refractivity contribution < 1.29 is 18.7 Å². The van der Waals surface area contributed by atoms with E-state index in [9.17, 15) is 14.0 Å². The summed E-state index contributed by atoms with van der Waals surface area (Å²) in [6.07, 6.45) is 2.76. The molecule has 29 heavy (non-hydrogen) atoms. The highest BCUT2D eigenvalue weighted by Gasteiger charge is 2.23. The van der Waals surface area contributed by atoms with Crippen LogP contribution in [-0.4, -0.2) is 49.6 Å². The Kier molecular flexibility index (Phi) is 7.12. The molecule has 1 fully saturated rings. The second-order valence-electron chi connectivity index (χ2n) is 6.43. The zero-order chi connectivity index (χ0) is 20.8. The fourth-order valence-electron chi connectivity index (χ4n) is 2.96. The van der Waals surface area contributed by atoms with Crippen LogP contribution in [0.1, 0.15) is 5.56 Å². The minimum Gasteiger partial charge on any atom is -0.452 e. The number of esters is 1. The van der Waals surface area contributed by atoms with E-state index in [0.29, 0.717) is 47.5 Å². The topological polar surface area (TPSA) is 49.9 Å². The molecule has 152 valence electrons. The van der Waals surface area contributed by atoms with Gasteiger partial charge in [-0.2, -0.15) is 0 Å². The fraction of sp³-hybridized carbons (Fsp3) is 0.238. The molecule has 0 N–H and O–H groups in total. The number of benzene rings is 2. The highest BCUT2D eigenvalue weighted by molar-refractivity contribution is 6.42. The Hall–Kier alpha value is -2.57. The summed E-state index contributed by atoms with van der Waals surface area (Å²) in [4.78, 5) is 27.6. The van der Waals surface area contributed by atoms with E-state index in [-0.39, 0.29) is 18.3 Å².